The number of hydrogen-bond donors (Lipinski definition) is 0. The Bertz CT molecular complexity index is 924. The minimum Gasteiger partial charge on any atom is -0.274 e. The molecule has 3 aromatic carbocycles. The first-order valence-electron chi connectivity index (χ1n) is 9.18. The summed E-state index contributed by atoms with van der Waals surface area (Å²) in [6, 6.07) is 27.7. The molecule has 1 aliphatic rings. The summed E-state index contributed by atoms with van der Waals surface area (Å²) in [6.07, 6.45) is 0.512. The van der Waals surface area contributed by atoms with Crippen LogP contribution in [0.2, 0.25) is 0 Å². The van der Waals surface area contributed by atoms with Crippen molar-refractivity contribution >= 4 is 11.8 Å². The molecule has 0 saturated carbocycles. The second-order valence-corrected chi connectivity index (χ2v) is 6.88. The third-order valence-electron chi connectivity index (χ3n) is 5.30. The highest BCUT2D eigenvalue weighted by atomic mass is 16.2. The summed E-state index contributed by atoms with van der Waals surface area (Å²) in [4.78, 5) is 27.4. The van der Waals surface area contributed by atoms with E-state index in [9.17, 15) is 9.59 Å². The van der Waals surface area contributed by atoms with Crippen LogP contribution in [0.5, 0.6) is 0 Å². The average molecular weight is 355 g/mol. The maximum absolute atomic E-state index is 13.0. The van der Waals surface area contributed by atoms with E-state index in [0.717, 1.165) is 22.3 Å². The van der Waals surface area contributed by atoms with Gasteiger partial charge in [0.15, 0.2) is 0 Å². The molecule has 1 aliphatic heterocycles. The molecule has 3 aromatic rings. The number of likely N-dealkylation sites (tertiary alicyclic amines) is 1. The molecule has 27 heavy (non-hydrogen) atoms. The molecule has 1 heterocycles. The van der Waals surface area contributed by atoms with Gasteiger partial charge in [-0.3, -0.25) is 14.5 Å². The quantitative estimate of drug-likeness (QED) is 0.513. The van der Waals surface area contributed by atoms with Crippen LogP contribution in [-0.2, 0) is 15.1 Å². The topological polar surface area (TPSA) is 37.4 Å². The minimum atomic E-state index is -0.974. The number of hydrogen-bond acceptors (Lipinski definition) is 2. The van der Waals surface area contributed by atoms with Crippen LogP contribution in [0.3, 0.4) is 0 Å². The third-order valence-corrected chi connectivity index (χ3v) is 5.30. The molecule has 1 saturated heterocycles. The molecule has 0 unspecified atom stereocenters. The highest BCUT2D eigenvalue weighted by Crippen LogP contribution is 2.45. The number of nitrogens with zero attached hydrogens (tertiary/aromatic N) is 1. The monoisotopic (exact) mass is 355 g/mol. The molecule has 0 radical (unpaired) electrons. The Balaban J connectivity index is 2.15. The van der Waals surface area contributed by atoms with E-state index in [2.05, 4.69) is 0 Å². The number of carbonyl (C=O) groups is 2. The fourth-order valence-corrected chi connectivity index (χ4v) is 4.14. The molecular formula is C24H21NO2. The summed E-state index contributed by atoms with van der Waals surface area (Å²) in [7, 11) is 0. The van der Waals surface area contributed by atoms with E-state index in [1.807, 2.05) is 91.9 Å². The van der Waals surface area contributed by atoms with Crippen LogP contribution in [0.1, 0.15) is 35.1 Å². The highest BCUT2D eigenvalue weighted by molar-refractivity contribution is 6.04. The van der Waals surface area contributed by atoms with Gasteiger partial charge >= 0.3 is 0 Å². The number of carbonyl (C=O) groups excluding carboxylic acids is 2. The number of rotatable bonds is 4. The summed E-state index contributed by atoms with van der Waals surface area (Å²) >= 11 is 0. The molecule has 0 aromatic heterocycles. The van der Waals surface area contributed by atoms with Crippen LogP contribution in [0.15, 0.2) is 84.9 Å². The predicted octanol–water partition coefficient (Wildman–Crippen LogP) is 4.44. The summed E-state index contributed by atoms with van der Waals surface area (Å²) in [5, 5.41) is 0. The Morgan fingerprint density at radius 2 is 1.11 bits per heavy atom. The van der Waals surface area contributed by atoms with E-state index in [1.165, 1.54) is 4.90 Å². The summed E-state index contributed by atoms with van der Waals surface area (Å²) < 4.78 is 0. The maximum atomic E-state index is 13.0. The minimum absolute atomic E-state index is 0.129. The van der Waals surface area contributed by atoms with Crippen molar-refractivity contribution in [2.75, 3.05) is 0 Å². The fraction of sp³-hybridized carbons (Fsp3) is 0.167. The Hall–Kier alpha value is -3.20. The van der Waals surface area contributed by atoms with Crippen molar-refractivity contribution in [3.63, 3.8) is 0 Å². The zero-order valence-electron chi connectivity index (χ0n) is 15.3. The van der Waals surface area contributed by atoms with Crippen LogP contribution in [0, 0.1) is 6.92 Å². The van der Waals surface area contributed by atoms with Crippen molar-refractivity contribution in [2.45, 2.75) is 25.3 Å². The van der Waals surface area contributed by atoms with Gasteiger partial charge in [0.05, 0.1) is 0 Å². The van der Waals surface area contributed by atoms with Crippen molar-refractivity contribution in [1.29, 1.82) is 0 Å². The van der Waals surface area contributed by atoms with E-state index in [0.29, 0.717) is 0 Å². The molecule has 134 valence electrons. The zero-order valence-corrected chi connectivity index (χ0v) is 15.3. The van der Waals surface area contributed by atoms with Crippen molar-refractivity contribution in [3.8, 4) is 0 Å². The normalized spacial score (nSPS) is 14.6. The van der Waals surface area contributed by atoms with Crippen molar-refractivity contribution in [2.24, 2.45) is 0 Å². The Morgan fingerprint density at radius 1 is 0.667 bits per heavy atom. The lowest BCUT2D eigenvalue weighted by Crippen LogP contribution is -2.51. The standard InChI is InChI=1S/C24H21NO2/c1-18-10-8-9-15-21(18)24(19-11-4-2-5-12-19,20-13-6-3-7-14-20)25-22(26)16-17-23(25)27/h2-15H,16-17H2,1H3. The van der Waals surface area contributed by atoms with Gasteiger partial charge in [0.1, 0.15) is 5.54 Å². The predicted molar refractivity (Wildman–Crippen MR) is 105 cm³/mol. The van der Waals surface area contributed by atoms with E-state index < -0.39 is 5.54 Å². The van der Waals surface area contributed by atoms with Crippen molar-refractivity contribution in [3.05, 3.63) is 107 Å². The zero-order chi connectivity index (χ0) is 18.9. The molecule has 2 amide bonds. The molecular weight excluding hydrogens is 334 g/mol. The van der Waals surface area contributed by atoms with Crippen molar-refractivity contribution < 1.29 is 9.59 Å². The number of amides is 2. The van der Waals surface area contributed by atoms with Crippen LogP contribution in [-0.4, -0.2) is 16.7 Å². The number of benzene rings is 3. The third kappa shape index (κ3) is 2.67. The van der Waals surface area contributed by atoms with Gasteiger partial charge < -0.3 is 0 Å². The second kappa shape index (κ2) is 6.84. The van der Waals surface area contributed by atoms with E-state index in [1.54, 1.807) is 0 Å². The Kier molecular flexibility index (Phi) is 4.36. The smallest absolute Gasteiger partial charge is 0.231 e. The lowest BCUT2D eigenvalue weighted by atomic mass is 9.74. The average Bonchev–Trinajstić information content (AvgIpc) is 3.05. The first-order chi connectivity index (χ1) is 13.2. The first-order valence-corrected chi connectivity index (χ1v) is 9.18. The summed E-state index contributed by atoms with van der Waals surface area (Å²) in [5.41, 5.74) is 2.84. The lowest BCUT2D eigenvalue weighted by molar-refractivity contribution is -0.143. The first kappa shape index (κ1) is 17.2. The molecule has 0 spiro atoms. The summed E-state index contributed by atoms with van der Waals surface area (Å²) in [6.45, 7) is 2.03. The van der Waals surface area contributed by atoms with Gasteiger partial charge in [-0.1, -0.05) is 84.9 Å². The summed E-state index contributed by atoms with van der Waals surface area (Å²) in [5.74, 6) is -0.257. The SMILES string of the molecule is Cc1ccccc1C(c1ccccc1)(c1ccccc1)N1C(=O)CCC1=O. The number of aryl methyl sites for hydroxylation is 1. The van der Waals surface area contributed by atoms with E-state index >= 15 is 0 Å². The van der Waals surface area contributed by atoms with Gasteiger partial charge in [0, 0.05) is 12.8 Å². The van der Waals surface area contributed by atoms with Crippen LogP contribution in [0.25, 0.3) is 0 Å². The largest absolute Gasteiger partial charge is 0.274 e. The maximum Gasteiger partial charge on any atom is 0.231 e. The van der Waals surface area contributed by atoms with Gasteiger partial charge in [0.2, 0.25) is 11.8 Å². The van der Waals surface area contributed by atoms with Crippen LogP contribution in [0.4, 0.5) is 0 Å². The van der Waals surface area contributed by atoms with Crippen LogP contribution < -0.4 is 0 Å². The van der Waals surface area contributed by atoms with E-state index in [4.69, 9.17) is 0 Å². The fourth-order valence-electron chi connectivity index (χ4n) is 4.14. The molecule has 3 nitrogen and oxygen atoms in total. The molecule has 3 heteroatoms. The van der Waals surface area contributed by atoms with Gasteiger partial charge in [-0.15, -0.1) is 0 Å². The van der Waals surface area contributed by atoms with Gasteiger partial charge in [-0.05, 0) is 29.2 Å². The lowest BCUT2D eigenvalue weighted by Gasteiger charge is -2.43. The number of imide groups is 1. The molecule has 0 bridgehead atoms. The van der Waals surface area contributed by atoms with Gasteiger partial charge in [-0.25, -0.2) is 0 Å². The highest BCUT2D eigenvalue weighted by Gasteiger charge is 2.50. The van der Waals surface area contributed by atoms with Gasteiger partial charge in [0.25, 0.3) is 0 Å². The van der Waals surface area contributed by atoms with Crippen molar-refractivity contribution in [1.82, 2.24) is 4.90 Å². The van der Waals surface area contributed by atoms with E-state index in [-0.39, 0.29) is 24.7 Å². The molecule has 0 aliphatic carbocycles. The molecule has 0 atom stereocenters. The van der Waals surface area contributed by atoms with Crippen LogP contribution >= 0.6 is 0 Å². The molecule has 1 fully saturated rings. The molecule has 4 rings (SSSR count). The molecule has 0 N–H and O–H groups in total. The second-order valence-electron chi connectivity index (χ2n) is 6.88. The Morgan fingerprint density at radius 3 is 1.59 bits per heavy atom. The van der Waals surface area contributed by atoms with Gasteiger partial charge in [-0.2, -0.15) is 0 Å². The Labute approximate surface area is 159 Å².